The van der Waals surface area contributed by atoms with Crippen molar-refractivity contribution in [1.29, 1.82) is 0 Å². The van der Waals surface area contributed by atoms with E-state index in [-0.39, 0.29) is 0 Å². The summed E-state index contributed by atoms with van der Waals surface area (Å²) in [7, 11) is 0. The number of hydrogen-bond acceptors (Lipinski definition) is 6. The average molecular weight is 461 g/mol. The molecule has 1 saturated heterocycles. The third kappa shape index (κ3) is 4.72. The van der Waals surface area contributed by atoms with E-state index in [0.29, 0.717) is 17.5 Å². The second-order valence-electron chi connectivity index (χ2n) is 7.80. The molecular formula is C26H25ClN4O2. The first-order valence-electron chi connectivity index (χ1n) is 11.1. The number of halogens is 1. The number of amidine groups is 1. The number of hydrazone groups is 1. The van der Waals surface area contributed by atoms with Crippen molar-refractivity contribution in [2.45, 2.75) is 6.92 Å². The van der Waals surface area contributed by atoms with E-state index in [4.69, 9.17) is 31.2 Å². The second kappa shape index (κ2) is 9.65. The van der Waals surface area contributed by atoms with Crippen LogP contribution >= 0.6 is 11.6 Å². The Morgan fingerprint density at radius 2 is 1.70 bits per heavy atom. The molecule has 3 aromatic carbocycles. The van der Waals surface area contributed by atoms with Gasteiger partial charge in [0.1, 0.15) is 11.5 Å². The zero-order chi connectivity index (χ0) is 22.6. The number of rotatable bonds is 5. The van der Waals surface area contributed by atoms with Crippen molar-refractivity contribution in [3.8, 4) is 5.75 Å². The van der Waals surface area contributed by atoms with E-state index >= 15 is 0 Å². The lowest BCUT2D eigenvalue weighted by molar-refractivity contribution is 0.122. The largest absolute Gasteiger partial charge is 0.494 e. The number of aliphatic imine (C=N–C) groups is 1. The van der Waals surface area contributed by atoms with Crippen molar-refractivity contribution >= 4 is 34.5 Å². The monoisotopic (exact) mass is 460 g/mol. The van der Waals surface area contributed by atoms with Gasteiger partial charge in [0.05, 0.1) is 25.5 Å². The molecule has 7 heteroatoms. The van der Waals surface area contributed by atoms with Crippen LogP contribution < -0.4 is 15.1 Å². The van der Waals surface area contributed by atoms with Crippen LogP contribution in [-0.2, 0) is 4.74 Å². The normalized spacial score (nSPS) is 15.6. The number of benzene rings is 3. The molecule has 0 aliphatic carbocycles. The second-order valence-corrected chi connectivity index (χ2v) is 8.23. The molecule has 0 amide bonds. The molecule has 5 rings (SSSR count). The number of nitrogens with zero attached hydrogens (tertiary/aromatic N) is 3. The fourth-order valence-corrected chi connectivity index (χ4v) is 4.16. The highest BCUT2D eigenvalue weighted by Crippen LogP contribution is 2.29. The Labute approximate surface area is 198 Å². The summed E-state index contributed by atoms with van der Waals surface area (Å²) in [4.78, 5) is 7.19. The first-order chi connectivity index (χ1) is 16.2. The van der Waals surface area contributed by atoms with Gasteiger partial charge in [-0.1, -0.05) is 23.7 Å². The Morgan fingerprint density at radius 3 is 2.42 bits per heavy atom. The van der Waals surface area contributed by atoms with Gasteiger partial charge in [-0.25, -0.2) is 4.99 Å². The van der Waals surface area contributed by atoms with Crippen molar-refractivity contribution in [1.82, 2.24) is 5.43 Å². The Hall–Kier alpha value is -3.35. The summed E-state index contributed by atoms with van der Waals surface area (Å²) >= 11 is 6.35. The third-order valence-electron chi connectivity index (χ3n) is 5.68. The molecule has 2 heterocycles. The van der Waals surface area contributed by atoms with Crippen molar-refractivity contribution < 1.29 is 9.47 Å². The highest BCUT2D eigenvalue weighted by atomic mass is 35.5. The summed E-state index contributed by atoms with van der Waals surface area (Å²) in [6.45, 7) is 5.92. The molecule has 2 aliphatic heterocycles. The topological polar surface area (TPSA) is 58.5 Å². The first kappa shape index (κ1) is 21.5. The minimum atomic E-state index is 0.630. The van der Waals surface area contributed by atoms with Crippen LogP contribution in [0.1, 0.15) is 23.6 Å². The summed E-state index contributed by atoms with van der Waals surface area (Å²) in [6, 6.07) is 22.0. The Kier molecular flexibility index (Phi) is 6.28. The fraction of sp³-hybridized carbons (Fsp3) is 0.231. The molecule has 33 heavy (non-hydrogen) atoms. The molecule has 0 spiro atoms. The van der Waals surface area contributed by atoms with Crippen LogP contribution in [0.15, 0.2) is 76.8 Å². The lowest BCUT2D eigenvalue weighted by atomic mass is 10.0. The van der Waals surface area contributed by atoms with Crippen LogP contribution in [0.5, 0.6) is 5.75 Å². The number of fused-ring (bicyclic) bond motifs is 1. The van der Waals surface area contributed by atoms with Gasteiger partial charge in [-0.05, 0) is 61.5 Å². The predicted molar refractivity (Wildman–Crippen MR) is 134 cm³/mol. The minimum Gasteiger partial charge on any atom is -0.494 e. The molecule has 0 bridgehead atoms. The Morgan fingerprint density at radius 1 is 0.970 bits per heavy atom. The van der Waals surface area contributed by atoms with Gasteiger partial charge in [-0.2, -0.15) is 5.10 Å². The van der Waals surface area contributed by atoms with Crippen molar-refractivity contribution in [3.63, 3.8) is 0 Å². The number of morpholine rings is 1. The molecule has 1 fully saturated rings. The number of hydrogen-bond donors (Lipinski definition) is 1. The van der Waals surface area contributed by atoms with Gasteiger partial charge in [0.25, 0.3) is 0 Å². The standard InChI is InChI=1S/C26H25ClN4O2/c1-2-33-22-10-5-19(6-11-22)26-28-24-12-7-20(27)17-23(24)25(29-30-26)18-3-8-21(9-4-18)31-13-15-32-16-14-31/h3-12,17H,2,13-16H2,1H3,(H,28,30). The van der Waals surface area contributed by atoms with Crippen molar-refractivity contribution in [3.05, 3.63) is 88.4 Å². The van der Waals surface area contributed by atoms with E-state index < -0.39 is 0 Å². The van der Waals surface area contributed by atoms with Crippen molar-refractivity contribution in [2.24, 2.45) is 10.1 Å². The zero-order valence-corrected chi connectivity index (χ0v) is 19.2. The van der Waals surface area contributed by atoms with Crippen LogP contribution in [0.3, 0.4) is 0 Å². The number of ether oxygens (including phenoxy) is 2. The Balaban J connectivity index is 1.48. The molecule has 0 atom stereocenters. The number of nitrogens with one attached hydrogen (secondary N) is 1. The van der Waals surface area contributed by atoms with Gasteiger partial charge >= 0.3 is 0 Å². The molecule has 0 saturated carbocycles. The molecule has 0 radical (unpaired) electrons. The van der Waals surface area contributed by atoms with Gasteiger partial charge < -0.3 is 14.4 Å². The fourth-order valence-electron chi connectivity index (χ4n) is 3.99. The maximum Gasteiger partial charge on any atom is 0.154 e. The summed E-state index contributed by atoms with van der Waals surface area (Å²) in [5, 5.41) is 5.39. The van der Waals surface area contributed by atoms with Crippen molar-refractivity contribution in [2.75, 3.05) is 37.8 Å². The zero-order valence-electron chi connectivity index (χ0n) is 18.4. The van der Waals surface area contributed by atoms with E-state index in [1.807, 2.05) is 49.4 Å². The highest BCUT2D eigenvalue weighted by Gasteiger charge is 2.19. The van der Waals surface area contributed by atoms with Gasteiger partial charge in [-0.15, -0.1) is 0 Å². The maximum atomic E-state index is 6.35. The molecule has 2 aliphatic rings. The first-order valence-corrected chi connectivity index (χ1v) is 11.5. The molecule has 0 aromatic heterocycles. The molecule has 3 aromatic rings. The number of anilines is 1. The van der Waals surface area contributed by atoms with Crippen LogP contribution in [0.25, 0.3) is 0 Å². The van der Waals surface area contributed by atoms with E-state index in [0.717, 1.165) is 60.1 Å². The summed E-state index contributed by atoms with van der Waals surface area (Å²) in [5.41, 5.74) is 8.76. The lowest BCUT2D eigenvalue weighted by Gasteiger charge is -2.29. The summed E-state index contributed by atoms with van der Waals surface area (Å²) in [5.74, 6) is 1.49. The van der Waals surface area contributed by atoms with Crippen LogP contribution in [-0.4, -0.2) is 44.5 Å². The summed E-state index contributed by atoms with van der Waals surface area (Å²) < 4.78 is 11.0. The van der Waals surface area contributed by atoms with E-state index in [1.54, 1.807) is 0 Å². The predicted octanol–water partition coefficient (Wildman–Crippen LogP) is 5.01. The van der Waals surface area contributed by atoms with E-state index in [2.05, 4.69) is 34.6 Å². The maximum absolute atomic E-state index is 6.35. The quantitative estimate of drug-likeness (QED) is 0.581. The Bertz CT molecular complexity index is 1180. The molecule has 6 nitrogen and oxygen atoms in total. The van der Waals surface area contributed by atoms with Gasteiger partial charge in [-0.3, -0.25) is 5.43 Å². The van der Waals surface area contributed by atoms with Gasteiger partial charge in [0.15, 0.2) is 5.84 Å². The SMILES string of the molecule is CCOc1ccc(C2=Nc3ccc(Cl)cc3C(c3ccc(N4CCOCC4)cc3)=NN2)cc1. The summed E-state index contributed by atoms with van der Waals surface area (Å²) in [6.07, 6.45) is 0. The minimum absolute atomic E-state index is 0.630. The molecule has 0 unspecified atom stereocenters. The van der Waals surface area contributed by atoms with E-state index in [9.17, 15) is 0 Å². The highest BCUT2D eigenvalue weighted by molar-refractivity contribution is 6.31. The third-order valence-corrected chi connectivity index (χ3v) is 5.91. The van der Waals surface area contributed by atoms with Crippen LogP contribution in [0.2, 0.25) is 5.02 Å². The molecular weight excluding hydrogens is 436 g/mol. The molecule has 168 valence electrons. The van der Waals surface area contributed by atoms with Crippen LogP contribution in [0.4, 0.5) is 11.4 Å². The molecule has 1 N–H and O–H groups in total. The van der Waals surface area contributed by atoms with Gasteiger partial charge in [0.2, 0.25) is 0 Å². The average Bonchev–Trinajstić information content (AvgIpc) is 3.05. The lowest BCUT2D eigenvalue weighted by Crippen LogP contribution is -2.36. The van der Waals surface area contributed by atoms with E-state index in [1.165, 1.54) is 5.69 Å². The smallest absolute Gasteiger partial charge is 0.154 e. The van der Waals surface area contributed by atoms with Crippen LogP contribution in [0, 0.1) is 0 Å². The van der Waals surface area contributed by atoms with Gasteiger partial charge in [0, 0.05) is 40.5 Å².